The third-order valence-corrected chi connectivity index (χ3v) is 5.02. The van der Waals surface area contributed by atoms with Crippen molar-refractivity contribution in [3.63, 3.8) is 0 Å². The minimum Gasteiger partial charge on any atom is -0.492 e. The number of nitriles is 1. The molecule has 0 aliphatic carbocycles. The molecule has 0 atom stereocenters. The van der Waals surface area contributed by atoms with Gasteiger partial charge in [0.2, 0.25) is 0 Å². The van der Waals surface area contributed by atoms with Crippen LogP contribution in [0.15, 0.2) is 60.3 Å². The average molecular weight is 449 g/mol. The van der Waals surface area contributed by atoms with Gasteiger partial charge in [0, 0.05) is 23.9 Å². The van der Waals surface area contributed by atoms with Crippen LogP contribution in [0.2, 0.25) is 5.02 Å². The van der Waals surface area contributed by atoms with Crippen LogP contribution in [-0.4, -0.2) is 28.8 Å². The standard InChI is InChI=1S/C25H25ClN4O2/c1-3-5-13-32-23-12-11-18(15-22(23)26)24-20(14-19(16-27)25(31)28-4-2)17-30(29-24)21-9-7-6-8-10-21/h6-12,14-15,17H,3-5,13H2,1-2H3,(H,28,31)/b19-14-. The van der Waals surface area contributed by atoms with Crippen LogP contribution in [0, 0.1) is 11.3 Å². The van der Waals surface area contributed by atoms with E-state index in [9.17, 15) is 10.1 Å². The molecule has 0 bridgehead atoms. The van der Waals surface area contributed by atoms with Gasteiger partial charge in [-0.15, -0.1) is 0 Å². The number of halogens is 1. The molecular formula is C25H25ClN4O2. The van der Waals surface area contributed by atoms with Crippen LogP contribution in [0.1, 0.15) is 32.3 Å². The number of carbonyl (C=O) groups excluding carboxylic acids is 1. The summed E-state index contributed by atoms with van der Waals surface area (Å²) in [5, 5.41) is 17.4. The minimum absolute atomic E-state index is 0.00586. The Morgan fingerprint density at radius 2 is 2.03 bits per heavy atom. The van der Waals surface area contributed by atoms with Crippen LogP contribution in [0.3, 0.4) is 0 Å². The minimum atomic E-state index is -0.425. The summed E-state index contributed by atoms with van der Waals surface area (Å²) in [6.45, 7) is 4.94. The largest absolute Gasteiger partial charge is 0.492 e. The number of rotatable bonds is 9. The Morgan fingerprint density at radius 3 is 2.69 bits per heavy atom. The normalized spacial score (nSPS) is 11.1. The number of unbranched alkanes of at least 4 members (excludes halogenated alkanes) is 1. The lowest BCUT2D eigenvalue weighted by Gasteiger charge is -2.09. The SMILES string of the molecule is CCCCOc1ccc(-c2nn(-c3ccccc3)cc2/C=C(/C#N)C(=O)NCC)cc1Cl. The first-order valence-corrected chi connectivity index (χ1v) is 10.9. The van der Waals surface area contributed by atoms with E-state index in [2.05, 4.69) is 12.2 Å². The zero-order chi connectivity index (χ0) is 22.9. The molecule has 0 saturated carbocycles. The summed E-state index contributed by atoms with van der Waals surface area (Å²) in [4.78, 5) is 12.3. The molecule has 1 N–H and O–H groups in total. The van der Waals surface area contributed by atoms with E-state index in [1.54, 1.807) is 29.9 Å². The fraction of sp³-hybridized carbons (Fsp3) is 0.240. The van der Waals surface area contributed by atoms with Gasteiger partial charge in [0.1, 0.15) is 23.1 Å². The first-order chi connectivity index (χ1) is 15.6. The van der Waals surface area contributed by atoms with E-state index < -0.39 is 5.91 Å². The topological polar surface area (TPSA) is 79.9 Å². The smallest absolute Gasteiger partial charge is 0.261 e. The molecule has 1 aromatic heterocycles. The van der Waals surface area contributed by atoms with Crippen LogP contribution in [0.4, 0.5) is 0 Å². The monoisotopic (exact) mass is 448 g/mol. The Hall–Kier alpha value is -3.56. The van der Waals surface area contributed by atoms with Crippen LogP contribution in [-0.2, 0) is 4.79 Å². The molecule has 2 aromatic carbocycles. The second-order valence-electron chi connectivity index (χ2n) is 7.09. The number of para-hydroxylation sites is 1. The predicted octanol–water partition coefficient (Wildman–Crippen LogP) is 5.41. The second kappa shape index (κ2) is 11.2. The van der Waals surface area contributed by atoms with Gasteiger partial charge >= 0.3 is 0 Å². The lowest BCUT2D eigenvalue weighted by molar-refractivity contribution is -0.116. The van der Waals surface area contributed by atoms with Crippen LogP contribution in [0.5, 0.6) is 5.75 Å². The molecule has 0 spiro atoms. The quantitative estimate of drug-likeness (QED) is 0.269. The number of nitrogens with one attached hydrogen (secondary N) is 1. The summed E-state index contributed by atoms with van der Waals surface area (Å²) in [5.74, 6) is 0.189. The summed E-state index contributed by atoms with van der Waals surface area (Å²) < 4.78 is 7.46. The number of amides is 1. The molecule has 3 aromatic rings. The van der Waals surface area contributed by atoms with Crippen molar-refractivity contribution in [3.8, 4) is 28.8 Å². The number of ether oxygens (including phenoxy) is 1. The number of hydrogen-bond acceptors (Lipinski definition) is 4. The van der Waals surface area contributed by atoms with Gasteiger partial charge in [0.05, 0.1) is 17.3 Å². The third kappa shape index (κ3) is 5.57. The van der Waals surface area contributed by atoms with Crippen molar-refractivity contribution in [1.82, 2.24) is 15.1 Å². The first-order valence-electron chi connectivity index (χ1n) is 10.5. The highest BCUT2D eigenvalue weighted by Crippen LogP contribution is 2.32. The molecule has 1 amide bonds. The fourth-order valence-electron chi connectivity index (χ4n) is 3.08. The maximum absolute atomic E-state index is 12.3. The number of carbonyl (C=O) groups is 1. The van der Waals surface area contributed by atoms with Crippen molar-refractivity contribution < 1.29 is 9.53 Å². The van der Waals surface area contributed by atoms with Crippen molar-refractivity contribution in [2.75, 3.05) is 13.2 Å². The zero-order valence-corrected chi connectivity index (χ0v) is 18.9. The van der Waals surface area contributed by atoms with Gasteiger partial charge in [-0.2, -0.15) is 10.4 Å². The van der Waals surface area contributed by atoms with Gasteiger partial charge in [-0.3, -0.25) is 4.79 Å². The Bertz CT molecular complexity index is 1150. The molecule has 164 valence electrons. The molecule has 0 fully saturated rings. The maximum Gasteiger partial charge on any atom is 0.261 e. The van der Waals surface area contributed by atoms with Crippen molar-refractivity contribution in [3.05, 3.63) is 70.9 Å². The second-order valence-corrected chi connectivity index (χ2v) is 7.50. The molecule has 3 rings (SSSR count). The molecule has 0 aliphatic heterocycles. The van der Waals surface area contributed by atoms with E-state index in [1.807, 2.05) is 48.5 Å². The first kappa shape index (κ1) is 23.1. The molecule has 0 radical (unpaired) electrons. The maximum atomic E-state index is 12.3. The summed E-state index contributed by atoms with van der Waals surface area (Å²) in [6.07, 6.45) is 5.33. The van der Waals surface area contributed by atoms with Gasteiger partial charge < -0.3 is 10.1 Å². The lowest BCUT2D eigenvalue weighted by atomic mass is 10.1. The summed E-state index contributed by atoms with van der Waals surface area (Å²) in [6, 6.07) is 17.1. The summed E-state index contributed by atoms with van der Waals surface area (Å²) in [7, 11) is 0. The Morgan fingerprint density at radius 1 is 1.25 bits per heavy atom. The van der Waals surface area contributed by atoms with Crippen molar-refractivity contribution in [1.29, 1.82) is 5.26 Å². The van der Waals surface area contributed by atoms with Gasteiger partial charge in [-0.25, -0.2) is 4.68 Å². The molecule has 0 unspecified atom stereocenters. The van der Waals surface area contributed by atoms with E-state index in [-0.39, 0.29) is 5.57 Å². The molecule has 32 heavy (non-hydrogen) atoms. The number of hydrogen-bond donors (Lipinski definition) is 1. The lowest BCUT2D eigenvalue weighted by Crippen LogP contribution is -2.23. The van der Waals surface area contributed by atoms with Crippen LogP contribution >= 0.6 is 11.6 Å². The Kier molecular flexibility index (Phi) is 8.07. The highest BCUT2D eigenvalue weighted by atomic mass is 35.5. The van der Waals surface area contributed by atoms with Gasteiger partial charge in [0.15, 0.2) is 0 Å². The van der Waals surface area contributed by atoms with Gasteiger partial charge in [-0.05, 0) is 49.8 Å². The Labute approximate surface area is 193 Å². The number of benzene rings is 2. The van der Waals surface area contributed by atoms with E-state index in [1.165, 1.54) is 0 Å². The van der Waals surface area contributed by atoms with Crippen LogP contribution in [0.25, 0.3) is 23.0 Å². The molecule has 6 nitrogen and oxygen atoms in total. The van der Waals surface area contributed by atoms with E-state index in [0.29, 0.717) is 35.2 Å². The highest BCUT2D eigenvalue weighted by Gasteiger charge is 2.16. The van der Waals surface area contributed by atoms with Gasteiger partial charge in [-0.1, -0.05) is 43.1 Å². The molecule has 0 saturated heterocycles. The number of aromatic nitrogens is 2. The predicted molar refractivity (Wildman–Crippen MR) is 127 cm³/mol. The molecule has 0 aliphatic rings. The fourth-order valence-corrected chi connectivity index (χ4v) is 3.32. The summed E-state index contributed by atoms with van der Waals surface area (Å²) >= 11 is 6.47. The third-order valence-electron chi connectivity index (χ3n) is 4.73. The van der Waals surface area contributed by atoms with E-state index in [0.717, 1.165) is 24.1 Å². The highest BCUT2D eigenvalue weighted by molar-refractivity contribution is 6.32. The van der Waals surface area contributed by atoms with E-state index >= 15 is 0 Å². The summed E-state index contributed by atoms with van der Waals surface area (Å²) in [5.41, 5.74) is 2.86. The molecule has 7 heteroatoms. The number of nitrogens with zero attached hydrogens (tertiary/aromatic N) is 3. The van der Waals surface area contributed by atoms with E-state index in [4.69, 9.17) is 21.4 Å². The van der Waals surface area contributed by atoms with Crippen molar-refractivity contribution >= 4 is 23.6 Å². The molecule has 1 heterocycles. The average Bonchev–Trinajstić information content (AvgIpc) is 3.23. The van der Waals surface area contributed by atoms with Crippen LogP contribution < -0.4 is 10.1 Å². The van der Waals surface area contributed by atoms with Crippen molar-refractivity contribution in [2.24, 2.45) is 0 Å². The van der Waals surface area contributed by atoms with Gasteiger partial charge in [0.25, 0.3) is 5.91 Å². The number of likely N-dealkylation sites (N-methyl/N-ethyl adjacent to an activating group) is 1. The zero-order valence-electron chi connectivity index (χ0n) is 18.1. The Balaban J connectivity index is 2.06. The van der Waals surface area contributed by atoms with Crippen molar-refractivity contribution in [2.45, 2.75) is 26.7 Å². The molecular weight excluding hydrogens is 424 g/mol.